The molecular weight excluding hydrogens is 231 g/mol. The lowest BCUT2D eigenvalue weighted by Gasteiger charge is -2.05. The zero-order chi connectivity index (χ0) is 10.8. The molecule has 0 saturated carbocycles. The summed E-state index contributed by atoms with van der Waals surface area (Å²) in [5, 5.41) is 10.2. The Kier molecular flexibility index (Phi) is 2.85. The fourth-order valence-corrected chi connectivity index (χ4v) is 1.74. The third kappa shape index (κ3) is 2.09. The first-order valence-electron chi connectivity index (χ1n) is 4.33. The van der Waals surface area contributed by atoms with Crippen molar-refractivity contribution in [3.05, 3.63) is 52.5 Å². The number of phenols is 1. The lowest BCUT2D eigenvalue weighted by atomic mass is 10.1. The van der Waals surface area contributed by atoms with Crippen molar-refractivity contribution in [1.29, 1.82) is 0 Å². The van der Waals surface area contributed by atoms with Crippen molar-refractivity contribution in [2.24, 2.45) is 0 Å². The molecule has 0 aromatic heterocycles. The molecule has 2 aromatic carbocycles. The smallest absolute Gasteiger partial charge is 0.116 e. The Balaban J connectivity index is 2.59. The molecule has 1 nitrogen and oxygen atoms in total. The molecule has 0 bridgehead atoms. The zero-order valence-electron chi connectivity index (χ0n) is 7.67. The van der Waals surface area contributed by atoms with Gasteiger partial charge >= 0.3 is 0 Å². The first-order valence-corrected chi connectivity index (χ1v) is 5.09. The number of halogens is 2. The van der Waals surface area contributed by atoms with Crippen LogP contribution in [-0.2, 0) is 0 Å². The van der Waals surface area contributed by atoms with Gasteiger partial charge in [-0.15, -0.1) is 0 Å². The summed E-state index contributed by atoms with van der Waals surface area (Å²) < 4.78 is 0. The van der Waals surface area contributed by atoms with E-state index in [-0.39, 0.29) is 5.75 Å². The maximum absolute atomic E-state index is 9.35. The van der Waals surface area contributed by atoms with Crippen LogP contribution < -0.4 is 0 Å². The van der Waals surface area contributed by atoms with Crippen LogP contribution >= 0.6 is 23.2 Å². The van der Waals surface area contributed by atoms with Gasteiger partial charge in [0.25, 0.3) is 0 Å². The second-order valence-electron chi connectivity index (χ2n) is 3.07. The third-order valence-corrected chi connectivity index (χ3v) is 2.83. The van der Waals surface area contributed by atoms with E-state index in [9.17, 15) is 5.11 Å². The van der Waals surface area contributed by atoms with Crippen molar-refractivity contribution < 1.29 is 5.11 Å². The summed E-state index contributed by atoms with van der Waals surface area (Å²) in [5.41, 5.74) is 1.62. The number of aromatic hydroxyl groups is 1. The van der Waals surface area contributed by atoms with Gasteiger partial charge in [0.05, 0.1) is 10.0 Å². The van der Waals surface area contributed by atoms with Gasteiger partial charge in [-0.3, -0.25) is 0 Å². The lowest BCUT2D eigenvalue weighted by Crippen LogP contribution is -1.80. The van der Waals surface area contributed by atoms with E-state index in [1.165, 1.54) is 0 Å². The molecule has 1 radical (unpaired) electrons. The van der Waals surface area contributed by atoms with Gasteiger partial charge in [0.15, 0.2) is 0 Å². The Labute approximate surface area is 97.9 Å². The van der Waals surface area contributed by atoms with Crippen molar-refractivity contribution in [2.45, 2.75) is 0 Å². The highest BCUT2D eigenvalue weighted by Crippen LogP contribution is 2.34. The molecule has 0 amide bonds. The number of rotatable bonds is 1. The van der Waals surface area contributed by atoms with Crippen LogP contribution in [0, 0.1) is 6.07 Å². The number of phenolic OH excluding ortho intramolecular Hbond substituents is 1. The second kappa shape index (κ2) is 4.13. The highest BCUT2D eigenvalue weighted by atomic mass is 35.5. The molecule has 0 unspecified atom stereocenters. The van der Waals surface area contributed by atoms with Gasteiger partial charge in [-0.2, -0.15) is 0 Å². The van der Waals surface area contributed by atoms with E-state index < -0.39 is 0 Å². The predicted molar refractivity (Wildman–Crippen MR) is 62.4 cm³/mol. The Hall–Kier alpha value is -1.18. The lowest BCUT2D eigenvalue weighted by molar-refractivity contribution is 0.475. The van der Waals surface area contributed by atoms with Crippen molar-refractivity contribution in [3.8, 4) is 16.9 Å². The summed E-state index contributed by atoms with van der Waals surface area (Å²) in [5.74, 6) is 0.201. The van der Waals surface area contributed by atoms with Crippen molar-refractivity contribution in [2.75, 3.05) is 0 Å². The molecule has 2 aromatic rings. The molecule has 0 fully saturated rings. The van der Waals surface area contributed by atoms with Gasteiger partial charge < -0.3 is 5.11 Å². The fraction of sp³-hybridized carbons (Fsp3) is 0. The summed E-state index contributed by atoms with van der Waals surface area (Å²) in [6.45, 7) is 0. The Morgan fingerprint density at radius 3 is 2.67 bits per heavy atom. The minimum Gasteiger partial charge on any atom is -0.508 e. The van der Waals surface area contributed by atoms with Crippen molar-refractivity contribution in [3.63, 3.8) is 0 Å². The number of hydrogen-bond donors (Lipinski definition) is 1. The van der Waals surface area contributed by atoms with E-state index >= 15 is 0 Å². The van der Waals surface area contributed by atoms with Crippen LogP contribution in [0.15, 0.2) is 36.4 Å². The van der Waals surface area contributed by atoms with Crippen LogP contribution in [0.1, 0.15) is 0 Å². The molecule has 0 saturated heterocycles. The van der Waals surface area contributed by atoms with Crippen LogP contribution in [0.25, 0.3) is 11.1 Å². The van der Waals surface area contributed by atoms with Gasteiger partial charge in [-0.1, -0.05) is 47.5 Å². The predicted octanol–water partition coefficient (Wildman–Crippen LogP) is 4.17. The summed E-state index contributed by atoms with van der Waals surface area (Å²) in [7, 11) is 0. The standard InChI is InChI=1S/C12H7Cl2O/c13-11-6-2-5-10(12(11)14)8-3-1-4-9(15)7-8/h1-5,7,15H. The van der Waals surface area contributed by atoms with Crippen LogP contribution in [0.2, 0.25) is 10.0 Å². The monoisotopic (exact) mass is 237 g/mol. The first-order chi connectivity index (χ1) is 7.18. The van der Waals surface area contributed by atoms with Crippen LogP contribution in [0.3, 0.4) is 0 Å². The third-order valence-electron chi connectivity index (χ3n) is 2.05. The van der Waals surface area contributed by atoms with Gasteiger partial charge in [0.2, 0.25) is 0 Å². The normalized spacial score (nSPS) is 10.3. The number of hydrogen-bond acceptors (Lipinski definition) is 1. The summed E-state index contributed by atoms with van der Waals surface area (Å²) in [6.07, 6.45) is 0. The number of benzene rings is 2. The van der Waals surface area contributed by atoms with Crippen LogP contribution in [0.4, 0.5) is 0 Å². The molecule has 15 heavy (non-hydrogen) atoms. The Bertz CT molecular complexity index is 495. The SMILES string of the molecule is Oc1cccc(-c2cc[c]c(Cl)c2Cl)c1. The van der Waals surface area contributed by atoms with Crippen LogP contribution in [-0.4, -0.2) is 5.11 Å². The highest BCUT2D eigenvalue weighted by Gasteiger charge is 2.06. The van der Waals surface area contributed by atoms with Crippen molar-refractivity contribution >= 4 is 23.2 Å². The molecular formula is C12H7Cl2O. The molecule has 0 aliphatic carbocycles. The van der Waals surface area contributed by atoms with Gasteiger partial charge in [-0.25, -0.2) is 0 Å². The van der Waals surface area contributed by atoms with Gasteiger partial charge in [0, 0.05) is 11.6 Å². The second-order valence-corrected chi connectivity index (χ2v) is 3.83. The van der Waals surface area contributed by atoms with Crippen LogP contribution in [0.5, 0.6) is 5.75 Å². The topological polar surface area (TPSA) is 20.2 Å². The summed E-state index contributed by atoms with van der Waals surface area (Å²) in [6, 6.07) is 13.2. The average Bonchev–Trinajstić information content (AvgIpc) is 2.22. The molecule has 0 atom stereocenters. The maximum Gasteiger partial charge on any atom is 0.116 e. The average molecular weight is 238 g/mol. The molecule has 0 aliphatic heterocycles. The molecule has 0 spiro atoms. The van der Waals surface area contributed by atoms with E-state index in [1.54, 1.807) is 24.3 Å². The van der Waals surface area contributed by atoms with E-state index in [1.807, 2.05) is 12.1 Å². The molecule has 0 aliphatic rings. The van der Waals surface area contributed by atoms with E-state index in [4.69, 9.17) is 23.2 Å². The fourth-order valence-electron chi connectivity index (χ4n) is 1.35. The Morgan fingerprint density at radius 1 is 1.13 bits per heavy atom. The van der Waals surface area contributed by atoms with E-state index in [0.717, 1.165) is 11.1 Å². The highest BCUT2D eigenvalue weighted by molar-refractivity contribution is 6.43. The molecule has 75 valence electrons. The van der Waals surface area contributed by atoms with Gasteiger partial charge in [-0.05, 0) is 17.7 Å². The summed E-state index contributed by atoms with van der Waals surface area (Å²) >= 11 is 11.9. The van der Waals surface area contributed by atoms with Crippen molar-refractivity contribution in [1.82, 2.24) is 0 Å². The molecule has 2 rings (SSSR count). The molecule has 3 heteroatoms. The first kappa shape index (κ1) is 10.3. The van der Waals surface area contributed by atoms with Gasteiger partial charge in [0.1, 0.15) is 5.75 Å². The Morgan fingerprint density at radius 2 is 1.93 bits per heavy atom. The molecule has 1 N–H and O–H groups in total. The minimum absolute atomic E-state index is 0.201. The quantitative estimate of drug-likeness (QED) is 0.790. The summed E-state index contributed by atoms with van der Waals surface area (Å²) in [4.78, 5) is 0. The van der Waals surface area contributed by atoms with E-state index in [0.29, 0.717) is 10.0 Å². The van der Waals surface area contributed by atoms with E-state index in [2.05, 4.69) is 6.07 Å². The minimum atomic E-state index is 0.201. The maximum atomic E-state index is 9.35. The largest absolute Gasteiger partial charge is 0.508 e. The zero-order valence-corrected chi connectivity index (χ0v) is 9.18. The molecule has 0 heterocycles.